The summed E-state index contributed by atoms with van der Waals surface area (Å²) in [4.78, 5) is 48.4. The summed E-state index contributed by atoms with van der Waals surface area (Å²) in [5, 5.41) is 0. The number of rotatable bonds is 8. The highest BCUT2D eigenvalue weighted by Gasteiger charge is 2.52. The first kappa shape index (κ1) is 28.7. The van der Waals surface area contributed by atoms with Gasteiger partial charge in [-0.2, -0.15) is 0 Å². The lowest BCUT2D eigenvalue weighted by molar-refractivity contribution is -0.254. The summed E-state index contributed by atoms with van der Waals surface area (Å²) < 4.78 is 43.3. The maximum atomic E-state index is 14.8. The third kappa shape index (κ3) is 7.83. The van der Waals surface area contributed by atoms with E-state index in [4.69, 9.17) is 23.7 Å². The second-order valence-electron chi connectivity index (χ2n) is 8.35. The van der Waals surface area contributed by atoms with E-state index in [1.165, 1.54) is 37.3 Å². The number of benzene rings is 1. The molecule has 0 spiro atoms. The Kier molecular flexibility index (Phi) is 9.80. The van der Waals surface area contributed by atoms with Gasteiger partial charge in [-0.1, -0.05) is 6.07 Å². The van der Waals surface area contributed by atoms with Gasteiger partial charge in [0, 0.05) is 39.0 Å². The SMILES string of the molecule is CC(=O)OC[C@H]1O[C@@H](c2ccc(F)c(Cc3ccc(Br)s3)c2)[C@H](OC(C)=O)[C@@H](OC(C)=O)[C@@H]1OC(C)=O. The van der Waals surface area contributed by atoms with Gasteiger partial charge < -0.3 is 23.7 Å². The van der Waals surface area contributed by atoms with E-state index in [2.05, 4.69) is 15.9 Å². The molecule has 1 aliphatic rings. The van der Waals surface area contributed by atoms with E-state index in [1.807, 2.05) is 12.1 Å². The molecule has 1 aromatic carbocycles. The maximum Gasteiger partial charge on any atom is 0.303 e. The van der Waals surface area contributed by atoms with Crippen molar-refractivity contribution in [2.45, 2.75) is 64.6 Å². The molecule has 0 aliphatic carbocycles. The molecule has 0 unspecified atom stereocenters. The number of halogens is 2. The molecule has 1 aromatic heterocycles. The molecule has 1 aliphatic heterocycles. The Morgan fingerprint density at radius 3 is 2.08 bits per heavy atom. The van der Waals surface area contributed by atoms with Gasteiger partial charge in [0.1, 0.15) is 24.6 Å². The summed E-state index contributed by atoms with van der Waals surface area (Å²) in [5.74, 6) is -3.21. The van der Waals surface area contributed by atoms with E-state index in [0.29, 0.717) is 17.5 Å². The molecule has 0 bridgehead atoms. The van der Waals surface area contributed by atoms with Crippen LogP contribution >= 0.6 is 27.3 Å². The van der Waals surface area contributed by atoms with E-state index in [-0.39, 0.29) is 6.61 Å². The molecule has 37 heavy (non-hydrogen) atoms. The first-order valence-electron chi connectivity index (χ1n) is 11.3. The summed E-state index contributed by atoms with van der Waals surface area (Å²) in [5.41, 5.74) is 0.782. The van der Waals surface area contributed by atoms with Crippen LogP contribution in [0.15, 0.2) is 34.1 Å². The second-order valence-corrected chi connectivity index (χ2v) is 10.9. The molecular weight excluding hydrogens is 575 g/mol. The third-order valence-corrected chi connectivity index (χ3v) is 7.01. The number of carbonyl (C=O) groups is 4. The van der Waals surface area contributed by atoms with Crippen LogP contribution in [0.3, 0.4) is 0 Å². The zero-order chi connectivity index (χ0) is 27.3. The molecule has 1 saturated heterocycles. The minimum Gasteiger partial charge on any atom is -0.463 e. The molecule has 2 heterocycles. The van der Waals surface area contributed by atoms with Crippen molar-refractivity contribution in [3.63, 3.8) is 0 Å². The zero-order valence-electron chi connectivity index (χ0n) is 20.5. The fraction of sp³-hybridized carbons (Fsp3) is 0.440. The Morgan fingerprint density at radius 2 is 1.51 bits per heavy atom. The molecule has 1 fully saturated rings. The number of thiophene rings is 1. The van der Waals surface area contributed by atoms with Crippen LogP contribution in [-0.4, -0.2) is 54.9 Å². The molecule has 0 radical (unpaired) electrons. The van der Waals surface area contributed by atoms with E-state index in [0.717, 1.165) is 22.5 Å². The van der Waals surface area contributed by atoms with Crippen molar-refractivity contribution in [2.24, 2.45) is 0 Å². The Hall–Kier alpha value is -2.83. The van der Waals surface area contributed by atoms with Crippen LogP contribution in [0, 0.1) is 5.82 Å². The van der Waals surface area contributed by atoms with Gasteiger partial charge in [-0.15, -0.1) is 11.3 Å². The number of ether oxygens (including phenoxy) is 5. The highest BCUT2D eigenvalue weighted by Crippen LogP contribution is 2.38. The average molecular weight is 601 g/mol. The number of carbonyl (C=O) groups excluding carboxylic acids is 4. The highest BCUT2D eigenvalue weighted by molar-refractivity contribution is 9.11. The Bertz CT molecular complexity index is 1170. The molecule has 0 N–H and O–H groups in total. The normalized spacial score (nSPS) is 23.1. The summed E-state index contributed by atoms with van der Waals surface area (Å²) >= 11 is 4.85. The molecular formula is C25H26BrFO9S. The molecule has 3 rings (SSSR count). The van der Waals surface area contributed by atoms with Crippen molar-refractivity contribution in [3.8, 4) is 0 Å². The third-order valence-electron chi connectivity index (χ3n) is 5.38. The molecule has 0 saturated carbocycles. The van der Waals surface area contributed by atoms with Crippen LogP contribution in [0.2, 0.25) is 0 Å². The van der Waals surface area contributed by atoms with Crippen molar-refractivity contribution >= 4 is 51.1 Å². The highest BCUT2D eigenvalue weighted by atomic mass is 79.9. The quantitative estimate of drug-likeness (QED) is 0.327. The van der Waals surface area contributed by atoms with Gasteiger partial charge in [0.25, 0.3) is 0 Å². The van der Waals surface area contributed by atoms with Crippen LogP contribution in [0.1, 0.15) is 49.8 Å². The van der Waals surface area contributed by atoms with E-state index < -0.39 is 60.2 Å². The van der Waals surface area contributed by atoms with Crippen molar-refractivity contribution in [2.75, 3.05) is 6.61 Å². The molecule has 5 atom stereocenters. The number of hydrogen-bond donors (Lipinski definition) is 0. The monoisotopic (exact) mass is 600 g/mol. The molecule has 12 heteroatoms. The van der Waals surface area contributed by atoms with Crippen molar-refractivity contribution in [1.29, 1.82) is 0 Å². The first-order valence-corrected chi connectivity index (χ1v) is 12.9. The Morgan fingerprint density at radius 1 is 0.892 bits per heavy atom. The van der Waals surface area contributed by atoms with Crippen molar-refractivity contribution < 1.29 is 47.3 Å². The van der Waals surface area contributed by atoms with Crippen LogP contribution in [0.25, 0.3) is 0 Å². The first-order chi connectivity index (χ1) is 17.4. The van der Waals surface area contributed by atoms with Gasteiger partial charge in [0.2, 0.25) is 0 Å². The van der Waals surface area contributed by atoms with E-state index >= 15 is 0 Å². The molecule has 9 nitrogen and oxygen atoms in total. The summed E-state index contributed by atoms with van der Waals surface area (Å²) in [7, 11) is 0. The van der Waals surface area contributed by atoms with Gasteiger partial charge in [0.05, 0.1) is 3.79 Å². The fourth-order valence-corrected chi connectivity index (χ4v) is 5.54. The number of hydrogen-bond acceptors (Lipinski definition) is 10. The van der Waals surface area contributed by atoms with Gasteiger partial charge in [-0.3, -0.25) is 19.2 Å². The van der Waals surface area contributed by atoms with Gasteiger partial charge >= 0.3 is 23.9 Å². The van der Waals surface area contributed by atoms with Crippen LogP contribution in [0.5, 0.6) is 0 Å². The smallest absolute Gasteiger partial charge is 0.303 e. The summed E-state index contributed by atoms with van der Waals surface area (Å²) in [6, 6.07) is 8.03. The second kappa shape index (κ2) is 12.6. The molecule has 0 amide bonds. The minimum absolute atomic E-state index is 0.293. The summed E-state index contributed by atoms with van der Waals surface area (Å²) in [6.07, 6.45) is -5.68. The van der Waals surface area contributed by atoms with Gasteiger partial charge in [-0.25, -0.2) is 4.39 Å². The lowest BCUT2D eigenvalue weighted by atomic mass is 9.89. The van der Waals surface area contributed by atoms with E-state index in [9.17, 15) is 23.6 Å². The van der Waals surface area contributed by atoms with Crippen molar-refractivity contribution in [1.82, 2.24) is 0 Å². The fourth-order valence-electron chi connectivity index (χ4n) is 4.04. The average Bonchev–Trinajstić information content (AvgIpc) is 3.20. The molecule has 2 aromatic rings. The summed E-state index contributed by atoms with van der Waals surface area (Å²) in [6.45, 7) is 4.32. The van der Waals surface area contributed by atoms with E-state index in [1.54, 1.807) is 6.07 Å². The topological polar surface area (TPSA) is 114 Å². The minimum atomic E-state index is -1.30. The lowest BCUT2D eigenvalue weighted by Gasteiger charge is -2.44. The maximum absolute atomic E-state index is 14.8. The molecule has 200 valence electrons. The number of esters is 4. The van der Waals surface area contributed by atoms with Crippen molar-refractivity contribution in [3.05, 3.63) is 55.9 Å². The van der Waals surface area contributed by atoms with Crippen LogP contribution < -0.4 is 0 Å². The zero-order valence-corrected chi connectivity index (χ0v) is 22.9. The van der Waals surface area contributed by atoms with Crippen LogP contribution in [-0.2, 0) is 49.3 Å². The predicted molar refractivity (Wildman–Crippen MR) is 132 cm³/mol. The van der Waals surface area contributed by atoms with Crippen LogP contribution in [0.4, 0.5) is 4.39 Å². The predicted octanol–water partition coefficient (Wildman–Crippen LogP) is 4.04. The van der Waals surface area contributed by atoms with Gasteiger partial charge in [0.15, 0.2) is 18.3 Å². The lowest BCUT2D eigenvalue weighted by Crippen LogP contribution is -2.59. The largest absolute Gasteiger partial charge is 0.463 e. The Labute approximate surface area is 225 Å². The Balaban J connectivity index is 2.06. The van der Waals surface area contributed by atoms with Gasteiger partial charge in [-0.05, 0) is 51.3 Å². The standard InChI is InChI=1S/C25H26BrFO9S/c1-12(28)32-11-20-23(33-13(2)29)25(35-15(4)31)24(34-14(3)30)22(36-20)16-5-7-19(27)17(9-16)10-18-6-8-21(26)37-18/h5-9,20,22-25H,10-11H2,1-4H3/t20-,22+,23-,24+,25+/m1/s1.